The number of hydrogen-bond donors (Lipinski definition) is 7. The molecule has 0 spiro atoms. The van der Waals surface area contributed by atoms with Crippen LogP contribution in [0.25, 0.3) is 0 Å². The quantitative estimate of drug-likeness (QED) is 0.162. The van der Waals surface area contributed by atoms with Gasteiger partial charge >= 0.3 is 5.97 Å². The largest absolute Gasteiger partial charge is 0.479 e. The Morgan fingerprint density at radius 2 is 1.11 bits per heavy atom. The molecule has 0 saturated carbocycles. The first-order chi connectivity index (χ1) is 12.8. The molecule has 9 nitrogen and oxygen atoms in total. The molecular weight excluding hydrogens is 356 g/mol. The van der Waals surface area contributed by atoms with E-state index >= 15 is 0 Å². The van der Waals surface area contributed by atoms with Gasteiger partial charge in [-0.15, -0.1) is 0 Å². The highest BCUT2D eigenvalue weighted by Gasteiger charge is 2.37. The third-order valence-electron chi connectivity index (χ3n) is 4.45. The van der Waals surface area contributed by atoms with Gasteiger partial charge in [-0.1, -0.05) is 51.4 Å². The van der Waals surface area contributed by atoms with Crippen molar-refractivity contribution in [1.29, 1.82) is 0 Å². The summed E-state index contributed by atoms with van der Waals surface area (Å²) in [5.41, 5.74) is 5.44. The van der Waals surface area contributed by atoms with Crippen molar-refractivity contribution in [3.8, 4) is 0 Å². The SMILES string of the molecule is NCCCCCCCCCCCCNC(=O)[C@@H](O)[C@@H](O)[C@H](O)[C@@H](O)C(=O)O. The molecular formula is C18H36N2O7. The molecule has 0 bridgehead atoms. The summed E-state index contributed by atoms with van der Waals surface area (Å²) in [7, 11) is 0. The van der Waals surface area contributed by atoms with E-state index in [4.69, 9.17) is 15.9 Å². The Morgan fingerprint density at radius 1 is 0.704 bits per heavy atom. The van der Waals surface area contributed by atoms with Crippen molar-refractivity contribution in [2.24, 2.45) is 5.73 Å². The zero-order chi connectivity index (χ0) is 20.7. The monoisotopic (exact) mass is 392 g/mol. The first-order valence-electron chi connectivity index (χ1n) is 9.75. The third-order valence-corrected chi connectivity index (χ3v) is 4.45. The minimum atomic E-state index is -2.29. The lowest BCUT2D eigenvalue weighted by molar-refractivity contribution is -0.166. The number of rotatable bonds is 17. The van der Waals surface area contributed by atoms with Crippen molar-refractivity contribution >= 4 is 11.9 Å². The van der Waals surface area contributed by atoms with E-state index in [1.165, 1.54) is 32.1 Å². The molecule has 0 fully saturated rings. The van der Waals surface area contributed by atoms with Crippen molar-refractivity contribution in [1.82, 2.24) is 5.32 Å². The van der Waals surface area contributed by atoms with E-state index in [0.29, 0.717) is 13.0 Å². The predicted octanol–water partition coefficient (Wildman–Crippen LogP) is -0.509. The summed E-state index contributed by atoms with van der Waals surface area (Å²) in [5.74, 6) is -2.68. The average molecular weight is 392 g/mol. The maximum absolute atomic E-state index is 11.7. The molecule has 0 aliphatic carbocycles. The van der Waals surface area contributed by atoms with Crippen LogP contribution in [0.3, 0.4) is 0 Å². The molecule has 0 aliphatic rings. The number of nitrogens with two attached hydrogens (primary N) is 1. The standard InChI is InChI=1S/C18H36N2O7/c19-11-9-7-5-3-1-2-4-6-8-10-12-20-17(25)15(23)13(21)14(22)16(24)18(26)27/h13-16,21-24H,1-12,19H2,(H,20,25)(H,26,27)/t13-,14-,15-,16+/m0/s1. The molecule has 9 heteroatoms. The molecule has 0 unspecified atom stereocenters. The lowest BCUT2D eigenvalue weighted by Gasteiger charge is -2.23. The van der Waals surface area contributed by atoms with Crippen LogP contribution in [0.2, 0.25) is 0 Å². The van der Waals surface area contributed by atoms with E-state index in [0.717, 1.165) is 32.2 Å². The molecule has 0 saturated heterocycles. The summed E-state index contributed by atoms with van der Waals surface area (Å²) >= 11 is 0. The minimum absolute atomic E-state index is 0.305. The van der Waals surface area contributed by atoms with Crippen LogP contribution in [0.4, 0.5) is 0 Å². The Bertz CT molecular complexity index is 409. The Labute approximate surface area is 160 Å². The summed E-state index contributed by atoms with van der Waals surface area (Å²) in [4.78, 5) is 22.2. The van der Waals surface area contributed by atoms with Crippen molar-refractivity contribution in [2.75, 3.05) is 13.1 Å². The third kappa shape index (κ3) is 11.9. The van der Waals surface area contributed by atoms with Crippen LogP contribution in [0, 0.1) is 0 Å². The van der Waals surface area contributed by atoms with E-state index in [2.05, 4.69) is 5.32 Å². The van der Waals surface area contributed by atoms with E-state index in [9.17, 15) is 24.9 Å². The second-order valence-corrected chi connectivity index (χ2v) is 6.82. The van der Waals surface area contributed by atoms with Crippen molar-refractivity contribution in [3.63, 3.8) is 0 Å². The van der Waals surface area contributed by atoms with Gasteiger partial charge in [0.1, 0.15) is 12.2 Å². The molecule has 0 rings (SSSR count). The fraction of sp³-hybridized carbons (Fsp3) is 0.889. The van der Waals surface area contributed by atoms with Gasteiger partial charge < -0.3 is 36.6 Å². The Kier molecular flexibility index (Phi) is 15.0. The number of carboxylic acids is 1. The van der Waals surface area contributed by atoms with Crippen LogP contribution in [-0.2, 0) is 9.59 Å². The molecule has 1 amide bonds. The van der Waals surface area contributed by atoms with Crippen LogP contribution in [-0.4, -0.2) is 74.9 Å². The minimum Gasteiger partial charge on any atom is -0.479 e. The van der Waals surface area contributed by atoms with Gasteiger partial charge in [0, 0.05) is 6.54 Å². The van der Waals surface area contributed by atoms with E-state index < -0.39 is 36.3 Å². The summed E-state index contributed by atoms with van der Waals surface area (Å²) in [6.45, 7) is 1.07. The summed E-state index contributed by atoms with van der Waals surface area (Å²) in [6, 6.07) is 0. The van der Waals surface area contributed by atoms with Gasteiger partial charge in [0.05, 0.1) is 0 Å². The van der Waals surface area contributed by atoms with Crippen LogP contribution in [0.1, 0.15) is 64.2 Å². The highest BCUT2D eigenvalue weighted by atomic mass is 16.4. The molecule has 0 heterocycles. The number of hydrogen-bond acceptors (Lipinski definition) is 7. The van der Waals surface area contributed by atoms with Crippen LogP contribution in [0.15, 0.2) is 0 Å². The normalized spacial score (nSPS) is 15.7. The van der Waals surface area contributed by atoms with Crippen LogP contribution in [0.5, 0.6) is 0 Å². The summed E-state index contributed by atoms with van der Waals surface area (Å²) in [6.07, 6.45) is 2.40. The molecule has 0 aromatic rings. The van der Waals surface area contributed by atoms with Crippen LogP contribution >= 0.6 is 0 Å². The molecule has 8 N–H and O–H groups in total. The number of aliphatic hydroxyl groups excluding tert-OH is 4. The van der Waals surface area contributed by atoms with Gasteiger partial charge in [0.15, 0.2) is 12.2 Å². The molecule has 0 aromatic carbocycles. The molecule has 0 radical (unpaired) electrons. The van der Waals surface area contributed by atoms with E-state index in [1.54, 1.807) is 0 Å². The average Bonchev–Trinajstić information content (AvgIpc) is 2.66. The number of amides is 1. The maximum Gasteiger partial charge on any atom is 0.335 e. The van der Waals surface area contributed by atoms with Gasteiger partial charge in [-0.25, -0.2) is 4.79 Å². The zero-order valence-electron chi connectivity index (χ0n) is 15.9. The first-order valence-corrected chi connectivity index (χ1v) is 9.75. The number of aliphatic hydroxyl groups is 4. The predicted molar refractivity (Wildman–Crippen MR) is 99.9 cm³/mol. The topological polar surface area (TPSA) is 173 Å². The van der Waals surface area contributed by atoms with E-state index in [-0.39, 0.29) is 0 Å². The zero-order valence-corrected chi connectivity index (χ0v) is 15.9. The van der Waals surface area contributed by atoms with Crippen LogP contribution < -0.4 is 11.1 Å². The Balaban J connectivity index is 3.71. The maximum atomic E-state index is 11.7. The van der Waals surface area contributed by atoms with Crippen molar-refractivity contribution < 1.29 is 35.1 Å². The van der Waals surface area contributed by atoms with Gasteiger partial charge in [-0.05, 0) is 19.4 Å². The van der Waals surface area contributed by atoms with Crippen molar-refractivity contribution in [2.45, 2.75) is 88.6 Å². The van der Waals surface area contributed by atoms with Gasteiger partial charge in [-0.3, -0.25) is 4.79 Å². The highest BCUT2D eigenvalue weighted by Crippen LogP contribution is 2.10. The van der Waals surface area contributed by atoms with Gasteiger partial charge in [0.25, 0.3) is 5.91 Å². The number of carboxylic acid groups (broad SMARTS) is 1. The number of carbonyl (C=O) groups is 2. The van der Waals surface area contributed by atoms with Gasteiger partial charge in [-0.2, -0.15) is 0 Å². The highest BCUT2D eigenvalue weighted by molar-refractivity contribution is 5.81. The molecule has 0 aliphatic heterocycles. The molecule has 4 atom stereocenters. The van der Waals surface area contributed by atoms with E-state index in [1.807, 2.05) is 0 Å². The Hall–Kier alpha value is -1.26. The second-order valence-electron chi connectivity index (χ2n) is 6.82. The second kappa shape index (κ2) is 15.8. The molecule has 27 heavy (non-hydrogen) atoms. The fourth-order valence-corrected chi connectivity index (χ4v) is 2.67. The smallest absolute Gasteiger partial charge is 0.335 e. The van der Waals surface area contributed by atoms with Gasteiger partial charge in [0.2, 0.25) is 0 Å². The number of aliphatic carboxylic acids is 1. The molecule has 0 aromatic heterocycles. The number of unbranched alkanes of at least 4 members (excludes halogenated alkanes) is 9. The lowest BCUT2D eigenvalue weighted by Crippen LogP contribution is -2.52. The fourth-order valence-electron chi connectivity index (χ4n) is 2.67. The van der Waals surface area contributed by atoms with Crippen molar-refractivity contribution in [3.05, 3.63) is 0 Å². The summed E-state index contributed by atoms with van der Waals surface area (Å²) < 4.78 is 0. The molecule has 160 valence electrons. The summed E-state index contributed by atoms with van der Waals surface area (Å²) in [5, 5.41) is 48.7. The number of nitrogens with one attached hydrogen (secondary N) is 1. The number of carbonyl (C=O) groups excluding carboxylic acids is 1. The lowest BCUT2D eigenvalue weighted by atomic mass is 10.0. The first kappa shape index (κ1) is 25.7. The Morgan fingerprint density at radius 3 is 1.56 bits per heavy atom.